The lowest BCUT2D eigenvalue weighted by molar-refractivity contribution is 0.304. The van der Waals surface area contributed by atoms with Gasteiger partial charge in [0.1, 0.15) is 5.75 Å². The first-order valence-electron chi connectivity index (χ1n) is 11.5. The molecule has 1 aromatic heterocycles. The van der Waals surface area contributed by atoms with Gasteiger partial charge >= 0.3 is 0 Å². The molecule has 0 atom stereocenters. The fourth-order valence-corrected chi connectivity index (χ4v) is 3.41. The first kappa shape index (κ1) is 22.5. The molecule has 0 unspecified atom stereocenters. The second-order valence-electron chi connectivity index (χ2n) is 7.88. The molecule has 2 aromatic rings. The Bertz CT molecular complexity index is 618. The summed E-state index contributed by atoms with van der Waals surface area (Å²) in [5.74, 6) is 0.994. The number of aromatic nitrogens is 1. The molecule has 0 spiro atoms. The van der Waals surface area contributed by atoms with E-state index in [1.165, 1.54) is 68.2 Å². The lowest BCUT2D eigenvalue weighted by Gasteiger charge is -2.08. The van der Waals surface area contributed by atoms with Crippen LogP contribution < -0.4 is 4.74 Å². The van der Waals surface area contributed by atoms with Crippen LogP contribution in [0.3, 0.4) is 0 Å². The van der Waals surface area contributed by atoms with Crippen molar-refractivity contribution in [2.45, 2.75) is 90.9 Å². The van der Waals surface area contributed by atoms with Gasteiger partial charge in [-0.2, -0.15) is 0 Å². The van der Waals surface area contributed by atoms with Gasteiger partial charge in [-0.3, -0.25) is 4.98 Å². The largest absolute Gasteiger partial charge is 0.494 e. The molecule has 0 radical (unpaired) electrons. The molecule has 0 aliphatic carbocycles. The van der Waals surface area contributed by atoms with E-state index < -0.39 is 0 Å². The monoisotopic (exact) mass is 381 g/mol. The molecule has 2 nitrogen and oxygen atoms in total. The number of hydrogen-bond donors (Lipinski definition) is 0. The van der Waals surface area contributed by atoms with E-state index in [1.807, 2.05) is 6.20 Å². The van der Waals surface area contributed by atoms with Crippen LogP contribution in [0.1, 0.15) is 88.5 Å². The second kappa shape index (κ2) is 14.2. The summed E-state index contributed by atoms with van der Waals surface area (Å²) >= 11 is 0. The quantitative estimate of drug-likeness (QED) is 0.301. The van der Waals surface area contributed by atoms with E-state index in [9.17, 15) is 0 Å². The van der Waals surface area contributed by atoms with Gasteiger partial charge in [-0.05, 0) is 61.4 Å². The van der Waals surface area contributed by atoms with Crippen LogP contribution in [0.15, 0.2) is 42.6 Å². The predicted molar refractivity (Wildman–Crippen MR) is 120 cm³/mol. The Kier molecular flexibility index (Phi) is 11.4. The number of ether oxygens (including phenoxy) is 1. The minimum Gasteiger partial charge on any atom is -0.494 e. The molecule has 0 N–H and O–H groups in total. The van der Waals surface area contributed by atoms with Crippen LogP contribution in [0.2, 0.25) is 0 Å². The first-order valence-corrected chi connectivity index (χ1v) is 11.5. The molecular formula is C26H39NO. The summed E-state index contributed by atoms with van der Waals surface area (Å²) < 4.78 is 5.88. The van der Waals surface area contributed by atoms with Crippen LogP contribution in [0.4, 0.5) is 0 Å². The Balaban J connectivity index is 1.61. The third-order valence-corrected chi connectivity index (χ3v) is 5.31. The Morgan fingerprint density at radius 3 is 2.00 bits per heavy atom. The summed E-state index contributed by atoms with van der Waals surface area (Å²) in [5.41, 5.74) is 3.88. The molecule has 0 aliphatic heterocycles. The van der Waals surface area contributed by atoms with Gasteiger partial charge < -0.3 is 4.74 Å². The highest BCUT2D eigenvalue weighted by atomic mass is 16.5. The zero-order chi connectivity index (χ0) is 19.9. The zero-order valence-corrected chi connectivity index (χ0v) is 18.1. The smallest absolute Gasteiger partial charge is 0.119 e. The number of benzene rings is 1. The molecule has 28 heavy (non-hydrogen) atoms. The molecule has 2 rings (SSSR count). The van der Waals surface area contributed by atoms with Crippen molar-refractivity contribution in [3.05, 3.63) is 59.4 Å². The van der Waals surface area contributed by atoms with Gasteiger partial charge in [-0.25, -0.2) is 0 Å². The van der Waals surface area contributed by atoms with Crippen molar-refractivity contribution in [1.82, 2.24) is 4.98 Å². The minimum atomic E-state index is 0.835. The van der Waals surface area contributed by atoms with Gasteiger partial charge in [0.05, 0.1) is 6.61 Å². The Morgan fingerprint density at radius 1 is 0.643 bits per heavy atom. The summed E-state index contributed by atoms with van der Waals surface area (Å²) in [7, 11) is 0. The van der Waals surface area contributed by atoms with Gasteiger partial charge in [0.15, 0.2) is 0 Å². The summed E-state index contributed by atoms with van der Waals surface area (Å²) in [6, 6.07) is 13.0. The summed E-state index contributed by atoms with van der Waals surface area (Å²) in [6.07, 6.45) is 16.9. The van der Waals surface area contributed by atoms with Crippen LogP contribution in [0.25, 0.3) is 0 Å². The molecular weight excluding hydrogens is 342 g/mol. The maximum Gasteiger partial charge on any atom is 0.119 e. The highest BCUT2D eigenvalue weighted by molar-refractivity contribution is 5.28. The predicted octanol–water partition coefficient (Wildman–Crippen LogP) is 7.34. The summed E-state index contributed by atoms with van der Waals surface area (Å²) in [6.45, 7) is 5.33. The van der Waals surface area contributed by atoms with E-state index in [-0.39, 0.29) is 0 Å². The van der Waals surface area contributed by atoms with Crippen molar-refractivity contribution in [3.8, 4) is 5.75 Å². The summed E-state index contributed by atoms with van der Waals surface area (Å²) in [4.78, 5) is 4.62. The number of nitrogens with zero attached hydrogens (tertiary/aromatic N) is 1. The van der Waals surface area contributed by atoms with Gasteiger partial charge in [-0.1, -0.05) is 77.0 Å². The molecule has 0 amide bonds. The van der Waals surface area contributed by atoms with Crippen LogP contribution in [0, 0.1) is 0 Å². The van der Waals surface area contributed by atoms with Crippen LogP contribution in [-0.2, 0) is 19.3 Å². The Morgan fingerprint density at radius 2 is 1.32 bits per heavy atom. The maximum absolute atomic E-state index is 5.88. The molecule has 1 heterocycles. The van der Waals surface area contributed by atoms with Crippen molar-refractivity contribution in [2.75, 3.05) is 6.61 Å². The fourth-order valence-electron chi connectivity index (χ4n) is 3.41. The average Bonchev–Trinajstić information content (AvgIpc) is 2.74. The number of aryl methyl sites for hydroxylation is 3. The normalized spacial score (nSPS) is 10.9. The lowest BCUT2D eigenvalue weighted by atomic mass is 10.1. The van der Waals surface area contributed by atoms with Crippen molar-refractivity contribution >= 4 is 0 Å². The first-order chi connectivity index (χ1) is 13.8. The third-order valence-electron chi connectivity index (χ3n) is 5.31. The van der Waals surface area contributed by atoms with E-state index in [1.54, 1.807) is 0 Å². The van der Waals surface area contributed by atoms with E-state index >= 15 is 0 Å². The average molecular weight is 382 g/mol. The molecule has 154 valence electrons. The minimum absolute atomic E-state index is 0.835. The highest BCUT2D eigenvalue weighted by Gasteiger charge is 2.00. The number of pyridine rings is 1. The van der Waals surface area contributed by atoms with Crippen LogP contribution >= 0.6 is 0 Å². The number of hydrogen-bond acceptors (Lipinski definition) is 2. The zero-order valence-electron chi connectivity index (χ0n) is 18.1. The number of unbranched alkanes of at least 4 members (excludes halogenated alkanes) is 7. The van der Waals surface area contributed by atoms with Crippen molar-refractivity contribution in [2.24, 2.45) is 0 Å². The third kappa shape index (κ3) is 9.39. The van der Waals surface area contributed by atoms with Gasteiger partial charge in [0.25, 0.3) is 0 Å². The molecule has 1 aromatic carbocycles. The fraction of sp³-hybridized carbons (Fsp3) is 0.577. The molecule has 0 saturated carbocycles. The SMILES string of the molecule is CCCCCCCCCOc1ccc(CCc2ccc(CCCC)cn2)cc1. The molecule has 0 aliphatic rings. The van der Waals surface area contributed by atoms with Crippen LogP contribution in [0.5, 0.6) is 5.75 Å². The lowest BCUT2D eigenvalue weighted by Crippen LogP contribution is -1.98. The van der Waals surface area contributed by atoms with Crippen molar-refractivity contribution < 1.29 is 4.74 Å². The van der Waals surface area contributed by atoms with Gasteiger partial charge in [0, 0.05) is 11.9 Å². The Hall–Kier alpha value is -1.83. The van der Waals surface area contributed by atoms with E-state index in [0.29, 0.717) is 0 Å². The van der Waals surface area contributed by atoms with Gasteiger partial charge in [0.2, 0.25) is 0 Å². The van der Waals surface area contributed by atoms with Crippen LogP contribution in [-0.4, -0.2) is 11.6 Å². The Labute approximate surface area is 172 Å². The molecule has 0 bridgehead atoms. The van der Waals surface area contributed by atoms with E-state index in [0.717, 1.165) is 38.0 Å². The molecule has 0 fully saturated rings. The molecule has 2 heteroatoms. The second-order valence-corrected chi connectivity index (χ2v) is 7.88. The highest BCUT2D eigenvalue weighted by Crippen LogP contribution is 2.15. The van der Waals surface area contributed by atoms with Crippen molar-refractivity contribution in [3.63, 3.8) is 0 Å². The van der Waals surface area contributed by atoms with E-state index in [2.05, 4.69) is 55.2 Å². The number of rotatable bonds is 15. The molecule has 0 saturated heterocycles. The van der Waals surface area contributed by atoms with Crippen molar-refractivity contribution in [1.29, 1.82) is 0 Å². The standard InChI is InChI=1S/C26H39NO/c1-3-5-7-8-9-10-11-21-28-26-19-15-23(16-20-26)13-17-25-18-14-24(22-27-25)12-6-4-2/h14-16,18-20,22H,3-13,17,21H2,1-2H3. The van der Waals surface area contributed by atoms with E-state index in [4.69, 9.17) is 4.74 Å². The maximum atomic E-state index is 5.88. The van der Waals surface area contributed by atoms with Gasteiger partial charge in [-0.15, -0.1) is 0 Å². The topological polar surface area (TPSA) is 22.1 Å². The summed E-state index contributed by atoms with van der Waals surface area (Å²) in [5, 5.41) is 0.